The van der Waals surface area contributed by atoms with Crippen LogP contribution < -0.4 is 0 Å². The van der Waals surface area contributed by atoms with Crippen molar-refractivity contribution in [1.82, 2.24) is 4.98 Å². The molecule has 0 aliphatic heterocycles. The van der Waals surface area contributed by atoms with Gasteiger partial charge in [0.1, 0.15) is 5.01 Å². The van der Waals surface area contributed by atoms with Gasteiger partial charge in [-0.25, -0.2) is 13.8 Å². The monoisotopic (exact) mass is 211 g/mol. The maximum atomic E-state index is 12.9. The zero-order chi connectivity index (χ0) is 10.1. The number of thiazole rings is 1. The Morgan fingerprint density at radius 1 is 1.21 bits per heavy atom. The number of nitrogens with zero attached hydrogens (tertiary/aromatic N) is 1. The smallest absolute Gasteiger partial charge is 0.159 e. The average molecular weight is 211 g/mol. The fourth-order valence-corrected chi connectivity index (χ4v) is 1.88. The van der Waals surface area contributed by atoms with Crippen LogP contribution in [0.25, 0.3) is 10.6 Å². The first-order chi connectivity index (χ1) is 6.66. The second-order valence-electron chi connectivity index (χ2n) is 2.90. The predicted molar refractivity (Wildman–Crippen MR) is 52.2 cm³/mol. The van der Waals surface area contributed by atoms with Gasteiger partial charge in [0, 0.05) is 16.6 Å². The molecule has 2 rings (SSSR count). The van der Waals surface area contributed by atoms with Crippen molar-refractivity contribution in [3.05, 3.63) is 40.9 Å². The number of hydrogen-bond acceptors (Lipinski definition) is 2. The lowest BCUT2D eigenvalue weighted by atomic mass is 10.2. The topological polar surface area (TPSA) is 12.9 Å². The summed E-state index contributed by atoms with van der Waals surface area (Å²) in [6.07, 6.45) is 1.71. The Morgan fingerprint density at radius 2 is 2.00 bits per heavy atom. The highest BCUT2D eigenvalue weighted by molar-refractivity contribution is 7.14. The third-order valence-electron chi connectivity index (χ3n) is 1.79. The molecule has 2 aromatic rings. The first-order valence-electron chi connectivity index (χ1n) is 4.04. The quantitative estimate of drug-likeness (QED) is 0.704. The predicted octanol–water partition coefficient (Wildman–Crippen LogP) is 3.40. The molecule has 72 valence electrons. The molecular weight excluding hydrogens is 204 g/mol. The van der Waals surface area contributed by atoms with E-state index in [9.17, 15) is 8.78 Å². The molecule has 0 amide bonds. The van der Waals surface area contributed by atoms with Gasteiger partial charge in [-0.05, 0) is 25.1 Å². The highest BCUT2D eigenvalue weighted by Gasteiger charge is 2.06. The van der Waals surface area contributed by atoms with Crippen LogP contribution in [0.1, 0.15) is 4.88 Å². The van der Waals surface area contributed by atoms with Gasteiger partial charge < -0.3 is 0 Å². The second-order valence-corrected chi connectivity index (χ2v) is 4.14. The van der Waals surface area contributed by atoms with Gasteiger partial charge in [-0.15, -0.1) is 11.3 Å². The highest BCUT2D eigenvalue weighted by atomic mass is 32.1. The van der Waals surface area contributed by atoms with Gasteiger partial charge in [0.15, 0.2) is 11.6 Å². The summed E-state index contributed by atoms with van der Waals surface area (Å²) in [5.41, 5.74) is 0.613. The normalized spacial score (nSPS) is 10.5. The third kappa shape index (κ3) is 1.65. The van der Waals surface area contributed by atoms with Crippen molar-refractivity contribution in [3.63, 3.8) is 0 Å². The lowest BCUT2D eigenvalue weighted by Gasteiger charge is -1.96. The Balaban J connectivity index is 2.47. The van der Waals surface area contributed by atoms with E-state index in [1.807, 2.05) is 6.92 Å². The van der Waals surface area contributed by atoms with Crippen LogP contribution in [0.15, 0.2) is 24.4 Å². The minimum atomic E-state index is -0.838. The van der Waals surface area contributed by atoms with Crippen LogP contribution >= 0.6 is 11.3 Å². The first-order valence-corrected chi connectivity index (χ1v) is 4.86. The molecular formula is C10H7F2NS. The number of hydrogen-bond donors (Lipinski definition) is 0. The number of halogens is 2. The van der Waals surface area contributed by atoms with Crippen molar-refractivity contribution in [3.8, 4) is 10.6 Å². The molecule has 0 aliphatic rings. The van der Waals surface area contributed by atoms with Crippen molar-refractivity contribution < 1.29 is 8.78 Å². The van der Waals surface area contributed by atoms with E-state index in [0.717, 1.165) is 17.0 Å². The summed E-state index contributed by atoms with van der Waals surface area (Å²) in [7, 11) is 0. The molecule has 14 heavy (non-hydrogen) atoms. The molecule has 1 aromatic carbocycles. The molecule has 0 saturated carbocycles. The summed E-state index contributed by atoms with van der Waals surface area (Å²) in [6, 6.07) is 3.80. The van der Waals surface area contributed by atoms with Crippen molar-refractivity contribution in [2.24, 2.45) is 0 Å². The second kappa shape index (κ2) is 3.46. The zero-order valence-electron chi connectivity index (χ0n) is 7.42. The van der Waals surface area contributed by atoms with Gasteiger partial charge in [-0.3, -0.25) is 0 Å². The molecule has 0 saturated heterocycles. The number of aryl methyl sites for hydroxylation is 1. The Hall–Kier alpha value is -1.29. The van der Waals surface area contributed by atoms with Crippen LogP contribution in [0.5, 0.6) is 0 Å². The summed E-state index contributed by atoms with van der Waals surface area (Å²) < 4.78 is 25.5. The van der Waals surface area contributed by atoms with Crippen LogP contribution in [0.3, 0.4) is 0 Å². The van der Waals surface area contributed by atoms with Gasteiger partial charge in [-0.2, -0.15) is 0 Å². The summed E-state index contributed by atoms with van der Waals surface area (Å²) in [5, 5.41) is 0.710. The maximum Gasteiger partial charge on any atom is 0.159 e. The summed E-state index contributed by atoms with van der Waals surface area (Å²) >= 11 is 1.46. The molecule has 4 heteroatoms. The SMILES string of the molecule is Cc1cnc(-c2ccc(F)c(F)c2)s1. The number of aromatic nitrogens is 1. The van der Waals surface area contributed by atoms with E-state index in [-0.39, 0.29) is 0 Å². The molecule has 0 aliphatic carbocycles. The summed E-state index contributed by atoms with van der Waals surface area (Å²) in [6.45, 7) is 1.92. The molecule has 1 nitrogen and oxygen atoms in total. The Kier molecular flexibility index (Phi) is 2.29. The van der Waals surface area contributed by atoms with Gasteiger partial charge in [-0.1, -0.05) is 0 Å². The van der Waals surface area contributed by atoms with Crippen molar-refractivity contribution >= 4 is 11.3 Å². The molecule has 0 spiro atoms. The lowest BCUT2D eigenvalue weighted by molar-refractivity contribution is 0.509. The number of rotatable bonds is 1. The van der Waals surface area contributed by atoms with Crippen LogP contribution in [-0.2, 0) is 0 Å². The highest BCUT2D eigenvalue weighted by Crippen LogP contribution is 2.25. The minimum absolute atomic E-state index is 0.613. The van der Waals surface area contributed by atoms with Crippen molar-refractivity contribution in [2.45, 2.75) is 6.92 Å². The molecule has 0 N–H and O–H groups in total. The molecule has 1 heterocycles. The van der Waals surface area contributed by atoms with Crippen LogP contribution in [-0.4, -0.2) is 4.98 Å². The van der Waals surface area contributed by atoms with Crippen molar-refractivity contribution in [2.75, 3.05) is 0 Å². The van der Waals surface area contributed by atoms with Crippen LogP contribution in [0, 0.1) is 18.6 Å². The van der Waals surface area contributed by atoms with Gasteiger partial charge in [0.2, 0.25) is 0 Å². The number of benzene rings is 1. The lowest BCUT2D eigenvalue weighted by Crippen LogP contribution is -1.84. The van der Waals surface area contributed by atoms with Crippen LogP contribution in [0.2, 0.25) is 0 Å². The van der Waals surface area contributed by atoms with E-state index in [4.69, 9.17) is 0 Å². The van der Waals surface area contributed by atoms with E-state index < -0.39 is 11.6 Å². The van der Waals surface area contributed by atoms with Crippen LogP contribution in [0.4, 0.5) is 8.78 Å². The zero-order valence-corrected chi connectivity index (χ0v) is 8.24. The largest absolute Gasteiger partial charge is 0.244 e. The maximum absolute atomic E-state index is 12.9. The fraction of sp³-hybridized carbons (Fsp3) is 0.100. The van der Waals surface area contributed by atoms with E-state index in [1.165, 1.54) is 17.4 Å². The summed E-state index contributed by atoms with van der Waals surface area (Å²) in [4.78, 5) is 5.13. The van der Waals surface area contributed by atoms with E-state index in [0.29, 0.717) is 10.6 Å². The fourth-order valence-electron chi connectivity index (χ4n) is 1.12. The molecule has 0 atom stereocenters. The Bertz CT molecular complexity index is 465. The molecule has 0 unspecified atom stereocenters. The van der Waals surface area contributed by atoms with Gasteiger partial charge >= 0.3 is 0 Å². The third-order valence-corrected chi connectivity index (χ3v) is 2.75. The van der Waals surface area contributed by atoms with Gasteiger partial charge in [0.25, 0.3) is 0 Å². The standard InChI is InChI=1S/C10H7F2NS/c1-6-5-13-10(14-6)7-2-3-8(11)9(12)4-7/h2-5H,1H3. The Morgan fingerprint density at radius 3 is 2.57 bits per heavy atom. The molecule has 1 aromatic heterocycles. The summed E-state index contributed by atoms with van der Waals surface area (Å²) in [5.74, 6) is -1.67. The first kappa shape index (κ1) is 9.27. The van der Waals surface area contributed by atoms with E-state index >= 15 is 0 Å². The van der Waals surface area contributed by atoms with Crippen molar-refractivity contribution in [1.29, 1.82) is 0 Å². The average Bonchev–Trinajstić information content (AvgIpc) is 2.57. The van der Waals surface area contributed by atoms with E-state index in [1.54, 1.807) is 6.20 Å². The molecule has 0 bridgehead atoms. The Labute approximate surface area is 84.0 Å². The van der Waals surface area contributed by atoms with Gasteiger partial charge in [0.05, 0.1) is 0 Å². The minimum Gasteiger partial charge on any atom is -0.244 e. The van der Waals surface area contributed by atoms with E-state index in [2.05, 4.69) is 4.98 Å². The molecule has 0 radical (unpaired) electrons. The molecule has 0 fully saturated rings.